The Labute approximate surface area is 110 Å². The molecule has 1 fully saturated rings. The van der Waals surface area contributed by atoms with Crippen molar-refractivity contribution in [2.45, 2.75) is 64.1 Å². The first-order valence-corrected chi connectivity index (χ1v) is 6.68. The van der Waals surface area contributed by atoms with Gasteiger partial charge in [0.15, 0.2) is 0 Å². The average Bonchev–Trinajstić information content (AvgIpc) is 2.75. The predicted molar refractivity (Wildman–Crippen MR) is 74.0 cm³/mol. The van der Waals surface area contributed by atoms with Crippen LogP contribution in [0, 0.1) is 0 Å². The molecule has 0 saturated carbocycles. The van der Waals surface area contributed by atoms with Gasteiger partial charge in [-0.15, -0.1) is 10.3 Å². The molecule has 99 valence electrons. The van der Waals surface area contributed by atoms with Crippen molar-refractivity contribution in [3.63, 3.8) is 0 Å². The van der Waals surface area contributed by atoms with Crippen LogP contribution >= 0.6 is 0 Å². The molecule has 3 heteroatoms. The maximum absolute atomic E-state index is 12.2. The standard InChI is InChI=1S/C15H23N2O/c1-14(2)9-13(10-15(3,4)17(14)18)16-11-12-7-5-6-8-12/h5-7,11,13H,8-10H2,1-4H3. The molecule has 0 aromatic carbocycles. The summed E-state index contributed by atoms with van der Waals surface area (Å²) in [5.41, 5.74) is 0.605. The zero-order valence-electron chi connectivity index (χ0n) is 11.8. The van der Waals surface area contributed by atoms with Crippen molar-refractivity contribution in [1.82, 2.24) is 5.06 Å². The summed E-state index contributed by atoms with van der Waals surface area (Å²) >= 11 is 0. The van der Waals surface area contributed by atoms with Gasteiger partial charge in [0.2, 0.25) is 0 Å². The molecular formula is C15H23N2O. The van der Waals surface area contributed by atoms with Crippen LogP contribution in [-0.4, -0.2) is 28.4 Å². The van der Waals surface area contributed by atoms with Crippen LogP contribution in [0.5, 0.6) is 0 Å². The Morgan fingerprint density at radius 1 is 1.28 bits per heavy atom. The minimum Gasteiger partial charge on any atom is -0.289 e. The summed E-state index contributed by atoms with van der Waals surface area (Å²) in [6, 6.07) is 0.252. The molecule has 1 heterocycles. The van der Waals surface area contributed by atoms with Crippen LogP contribution in [0.4, 0.5) is 0 Å². The van der Waals surface area contributed by atoms with Gasteiger partial charge in [-0.05, 0) is 52.5 Å². The summed E-state index contributed by atoms with van der Waals surface area (Å²) in [7, 11) is 0. The van der Waals surface area contributed by atoms with E-state index in [1.54, 1.807) is 0 Å². The lowest BCUT2D eigenvalue weighted by atomic mass is 9.79. The Hall–Kier alpha value is -0.930. The molecule has 0 N–H and O–H groups in total. The molecule has 2 aliphatic rings. The summed E-state index contributed by atoms with van der Waals surface area (Å²) in [4.78, 5) is 4.69. The zero-order valence-corrected chi connectivity index (χ0v) is 11.8. The highest BCUT2D eigenvalue weighted by atomic mass is 16.5. The second-order valence-electron chi connectivity index (χ2n) is 6.63. The van der Waals surface area contributed by atoms with E-state index in [1.807, 2.05) is 33.9 Å². The van der Waals surface area contributed by atoms with Crippen LogP contribution in [0.2, 0.25) is 0 Å². The molecule has 0 atom stereocenters. The third-order valence-corrected chi connectivity index (χ3v) is 3.82. The molecule has 3 nitrogen and oxygen atoms in total. The Balaban J connectivity index is 2.06. The topological polar surface area (TPSA) is 35.5 Å². The highest BCUT2D eigenvalue weighted by Gasteiger charge is 2.45. The van der Waals surface area contributed by atoms with E-state index in [0.29, 0.717) is 0 Å². The molecule has 1 aliphatic carbocycles. The number of piperidine rings is 1. The summed E-state index contributed by atoms with van der Waals surface area (Å²) in [6.45, 7) is 8.05. The lowest BCUT2D eigenvalue weighted by Gasteiger charge is -2.48. The maximum atomic E-state index is 12.2. The van der Waals surface area contributed by atoms with Gasteiger partial charge in [-0.1, -0.05) is 18.2 Å². The Morgan fingerprint density at radius 3 is 2.39 bits per heavy atom. The van der Waals surface area contributed by atoms with Crippen molar-refractivity contribution in [3.05, 3.63) is 23.8 Å². The number of allylic oxidation sites excluding steroid dienone is 4. The van der Waals surface area contributed by atoms with Crippen LogP contribution < -0.4 is 0 Å². The minimum absolute atomic E-state index is 0.252. The summed E-state index contributed by atoms with van der Waals surface area (Å²) in [6.07, 6.45) is 10.9. The third-order valence-electron chi connectivity index (χ3n) is 3.82. The lowest BCUT2D eigenvalue weighted by Crippen LogP contribution is -2.59. The molecule has 0 aromatic rings. The highest BCUT2D eigenvalue weighted by molar-refractivity contribution is 5.80. The van der Waals surface area contributed by atoms with Crippen molar-refractivity contribution in [1.29, 1.82) is 0 Å². The Bertz CT molecular complexity index is 387. The summed E-state index contributed by atoms with van der Waals surface area (Å²) < 4.78 is 0. The number of aliphatic imine (C=N–C) groups is 1. The molecule has 2 rings (SSSR count). The zero-order chi connectivity index (χ0) is 13.4. The summed E-state index contributed by atoms with van der Waals surface area (Å²) in [5.74, 6) is 0. The minimum atomic E-state index is -0.327. The quantitative estimate of drug-likeness (QED) is 0.689. The van der Waals surface area contributed by atoms with Crippen molar-refractivity contribution in [3.8, 4) is 0 Å². The largest absolute Gasteiger partial charge is 0.289 e. The predicted octanol–water partition coefficient (Wildman–Crippen LogP) is 3.31. The van der Waals surface area contributed by atoms with E-state index in [2.05, 4.69) is 18.2 Å². The molecule has 1 radical (unpaired) electrons. The lowest BCUT2D eigenvalue weighted by molar-refractivity contribution is -0.288. The van der Waals surface area contributed by atoms with Gasteiger partial charge in [0.25, 0.3) is 0 Å². The highest BCUT2D eigenvalue weighted by Crippen LogP contribution is 2.38. The average molecular weight is 247 g/mol. The van der Waals surface area contributed by atoms with Crippen LogP contribution in [0.15, 0.2) is 28.8 Å². The maximum Gasteiger partial charge on any atom is 0.0536 e. The second-order valence-corrected chi connectivity index (χ2v) is 6.63. The van der Waals surface area contributed by atoms with Gasteiger partial charge < -0.3 is 0 Å². The molecule has 0 unspecified atom stereocenters. The van der Waals surface area contributed by atoms with Gasteiger partial charge in [0.05, 0.1) is 6.04 Å². The van der Waals surface area contributed by atoms with E-state index in [-0.39, 0.29) is 17.1 Å². The molecule has 18 heavy (non-hydrogen) atoms. The Kier molecular flexibility index (Phi) is 3.47. The monoisotopic (exact) mass is 247 g/mol. The normalized spacial score (nSPS) is 27.9. The van der Waals surface area contributed by atoms with E-state index < -0.39 is 0 Å². The van der Waals surface area contributed by atoms with Crippen molar-refractivity contribution >= 4 is 6.21 Å². The van der Waals surface area contributed by atoms with Gasteiger partial charge in [-0.3, -0.25) is 4.99 Å². The smallest absolute Gasteiger partial charge is 0.0536 e. The number of nitrogens with zero attached hydrogens (tertiary/aromatic N) is 2. The van der Waals surface area contributed by atoms with Crippen LogP contribution in [0.25, 0.3) is 0 Å². The Morgan fingerprint density at radius 2 is 1.89 bits per heavy atom. The first kappa shape index (κ1) is 13.5. The molecule has 0 spiro atoms. The van der Waals surface area contributed by atoms with Crippen molar-refractivity contribution in [2.24, 2.45) is 4.99 Å². The van der Waals surface area contributed by atoms with Gasteiger partial charge in [0, 0.05) is 17.3 Å². The van der Waals surface area contributed by atoms with E-state index in [1.165, 1.54) is 10.6 Å². The number of rotatable bonds is 2. The van der Waals surface area contributed by atoms with Gasteiger partial charge >= 0.3 is 0 Å². The number of hydroxylamine groups is 2. The molecule has 0 bridgehead atoms. The number of hydrogen-bond acceptors (Lipinski definition) is 2. The fourth-order valence-electron chi connectivity index (χ4n) is 3.08. The molecular weight excluding hydrogens is 224 g/mol. The fraction of sp³-hybridized carbons (Fsp3) is 0.667. The number of hydrogen-bond donors (Lipinski definition) is 0. The molecule has 0 aromatic heterocycles. The van der Waals surface area contributed by atoms with Crippen molar-refractivity contribution < 1.29 is 5.21 Å². The van der Waals surface area contributed by atoms with Crippen molar-refractivity contribution in [2.75, 3.05) is 0 Å². The van der Waals surface area contributed by atoms with Crippen LogP contribution in [0.1, 0.15) is 47.0 Å². The first-order chi connectivity index (χ1) is 8.31. The van der Waals surface area contributed by atoms with E-state index in [0.717, 1.165) is 19.3 Å². The SMILES string of the molecule is CC1(C)CC(N=CC2=CC=CC2)CC(C)(C)N1[O]. The van der Waals surface area contributed by atoms with E-state index in [9.17, 15) is 5.21 Å². The van der Waals surface area contributed by atoms with Gasteiger partial charge in [-0.25, -0.2) is 0 Å². The van der Waals surface area contributed by atoms with Gasteiger partial charge in [-0.2, -0.15) is 0 Å². The third kappa shape index (κ3) is 2.73. The van der Waals surface area contributed by atoms with E-state index >= 15 is 0 Å². The summed E-state index contributed by atoms with van der Waals surface area (Å²) in [5, 5.41) is 13.5. The first-order valence-electron chi connectivity index (χ1n) is 6.68. The van der Waals surface area contributed by atoms with E-state index in [4.69, 9.17) is 4.99 Å². The van der Waals surface area contributed by atoms with Gasteiger partial charge in [0.1, 0.15) is 0 Å². The van der Waals surface area contributed by atoms with Crippen LogP contribution in [-0.2, 0) is 5.21 Å². The molecule has 1 saturated heterocycles. The fourth-order valence-corrected chi connectivity index (χ4v) is 3.08. The molecule has 1 aliphatic heterocycles. The van der Waals surface area contributed by atoms with Crippen LogP contribution in [0.3, 0.4) is 0 Å². The second kappa shape index (κ2) is 4.63. The molecule has 0 amide bonds.